The van der Waals surface area contributed by atoms with Gasteiger partial charge in [-0.05, 0) is 37.1 Å². The Morgan fingerprint density at radius 3 is 1.95 bits per heavy atom. The maximum absolute atomic E-state index is 12.2. The molecule has 0 saturated carbocycles. The molecule has 0 aromatic heterocycles. The number of aliphatic carboxylic acids is 1. The summed E-state index contributed by atoms with van der Waals surface area (Å²) in [7, 11) is 0. The summed E-state index contributed by atoms with van der Waals surface area (Å²) in [5.74, 6) is -1.89. The molecule has 1 aromatic carbocycles. The van der Waals surface area contributed by atoms with Crippen molar-refractivity contribution in [1.29, 1.82) is 0 Å². The molecule has 114 valence electrons. The number of carbonyl (C=O) groups excluding carboxylic acids is 2. The molecule has 0 bridgehead atoms. The minimum atomic E-state index is -0.955. The third kappa shape index (κ3) is 4.30. The van der Waals surface area contributed by atoms with Crippen LogP contribution in [0.5, 0.6) is 0 Å². The number of hydrogen-bond donors (Lipinski definition) is 3. The number of primary amides is 1. The maximum Gasteiger partial charge on any atom is 0.305 e. The summed E-state index contributed by atoms with van der Waals surface area (Å²) in [6.07, 6.45) is 0.896. The van der Waals surface area contributed by atoms with E-state index in [9.17, 15) is 14.4 Å². The number of carboxylic acid groups (broad SMARTS) is 1. The lowest BCUT2D eigenvalue weighted by Gasteiger charge is -2.31. The van der Waals surface area contributed by atoms with Crippen molar-refractivity contribution >= 4 is 17.8 Å². The maximum atomic E-state index is 12.2. The Hall–Kier alpha value is -2.37. The number of rotatable bonds is 7. The summed E-state index contributed by atoms with van der Waals surface area (Å²) in [5.41, 5.74) is 5.03. The highest BCUT2D eigenvalue weighted by molar-refractivity contribution is 5.97. The first-order valence-corrected chi connectivity index (χ1v) is 6.77. The van der Waals surface area contributed by atoms with E-state index in [0.29, 0.717) is 24.0 Å². The van der Waals surface area contributed by atoms with Crippen LogP contribution in [0.25, 0.3) is 0 Å². The Bertz CT molecular complexity index is 533. The van der Waals surface area contributed by atoms with Gasteiger partial charge in [0, 0.05) is 11.1 Å². The van der Waals surface area contributed by atoms with Crippen molar-refractivity contribution in [2.45, 2.75) is 38.6 Å². The van der Waals surface area contributed by atoms with Gasteiger partial charge in [-0.15, -0.1) is 0 Å². The smallest absolute Gasteiger partial charge is 0.305 e. The van der Waals surface area contributed by atoms with Gasteiger partial charge in [-0.3, -0.25) is 14.4 Å². The zero-order chi connectivity index (χ0) is 16.0. The average molecular weight is 292 g/mol. The summed E-state index contributed by atoms with van der Waals surface area (Å²) >= 11 is 0. The average Bonchev–Trinajstić information content (AvgIpc) is 2.46. The Morgan fingerprint density at radius 1 is 1.10 bits per heavy atom. The number of benzene rings is 1. The van der Waals surface area contributed by atoms with Crippen molar-refractivity contribution in [3.05, 3.63) is 35.4 Å². The van der Waals surface area contributed by atoms with Gasteiger partial charge in [0.05, 0.1) is 12.0 Å². The first-order chi connectivity index (χ1) is 9.83. The van der Waals surface area contributed by atoms with Crippen LogP contribution in [0.15, 0.2) is 24.3 Å². The standard InChI is InChI=1S/C15H20N2O4/c1-3-15(4-2,9-12(18)19)17-14(21)11-7-5-10(6-8-11)13(16)20/h5-8H,3-4,9H2,1-2H3,(H2,16,20)(H,17,21)(H,18,19). The van der Waals surface area contributed by atoms with Crippen molar-refractivity contribution in [2.75, 3.05) is 0 Å². The molecular weight excluding hydrogens is 272 g/mol. The molecule has 0 unspecified atom stereocenters. The fraction of sp³-hybridized carbons (Fsp3) is 0.400. The van der Waals surface area contributed by atoms with Gasteiger partial charge in [-0.25, -0.2) is 0 Å². The van der Waals surface area contributed by atoms with Gasteiger partial charge >= 0.3 is 5.97 Å². The Labute approximate surface area is 123 Å². The zero-order valence-electron chi connectivity index (χ0n) is 12.2. The molecule has 6 nitrogen and oxygen atoms in total. The van der Waals surface area contributed by atoms with Gasteiger partial charge < -0.3 is 16.2 Å². The first kappa shape index (κ1) is 16.7. The number of amides is 2. The van der Waals surface area contributed by atoms with Gasteiger partial charge in [-0.1, -0.05) is 13.8 Å². The van der Waals surface area contributed by atoms with Crippen molar-refractivity contribution in [3.63, 3.8) is 0 Å². The number of nitrogens with one attached hydrogen (secondary N) is 1. The van der Waals surface area contributed by atoms with Crippen molar-refractivity contribution < 1.29 is 19.5 Å². The second kappa shape index (κ2) is 6.88. The van der Waals surface area contributed by atoms with Crippen LogP contribution in [0.3, 0.4) is 0 Å². The third-order valence-corrected chi connectivity index (χ3v) is 3.65. The normalized spacial score (nSPS) is 11.0. The van der Waals surface area contributed by atoms with E-state index in [-0.39, 0.29) is 12.3 Å². The van der Waals surface area contributed by atoms with Crippen LogP contribution in [-0.4, -0.2) is 28.4 Å². The zero-order valence-corrected chi connectivity index (χ0v) is 12.2. The quantitative estimate of drug-likeness (QED) is 0.708. The van der Waals surface area contributed by atoms with Crippen molar-refractivity contribution in [2.24, 2.45) is 5.73 Å². The summed E-state index contributed by atoms with van der Waals surface area (Å²) in [6, 6.07) is 5.92. The topological polar surface area (TPSA) is 109 Å². The molecule has 0 radical (unpaired) electrons. The predicted octanol–water partition coefficient (Wildman–Crippen LogP) is 1.55. The molecular formula is C15H20N2O4. The summed E-state index contributed by atoms with van der Waals surface area (Å²) < 4.78 is 0. The monoisotopic (exact) mass is 292 g/mol. The molecule has 0 atom stereocenters. The molecule has 0 heterocycles. The highest BCUT2D eigenvalue weighted by atomic mass is 16.4. The van der Waals surface area contributed by atoms with E-state index in [0.717, 1.165) is 0 Å². The minimum Gasteiger partial charge on any atom is -0.481 e. The molecule has 0 aliphatic rings. The number of hydrogen-bond acceptors (Lipinski definition) is 3. The van der Waals surface area contributed by atoms with Crippen molar-refractivity contribution in [3.8, 4) is 0 Å². The lowest BCUT2D eigenvalue weighted by atomic mass is 9.88. The van der Waals surface area contributed by atoms with E-state index in [1.165, 1.54) is 24.3 Å². The largest absolute Gasteiger partial charge is 0.481 e. The lowest BCUT2D eigenvalue weighted by Crippen LogP contribution is -2.49. The Morgan fingerprint density at radius 2 is 1.57 bits per heavy atom. The SMILES string of the molecule is CCC(CC)(CC(=O)O)NC(=O)c1ccc(C(N)=O)cc1. The molecule has 4 N–H and O–H groups in total. The predicted molar refractivity (Wildman–Crippen MR) is 78.0 cm³/mol. The first-order valence-electron chi connectivity index (χ1n) is 6.77. The van der Waals surface area contributed by atoms with Gasteiger partial charge in [0.2, 0.25) is 5.91 Å². The molecule has 0 saturated heterocycles. The van der Waals surface area contributed by atoms with Gasteiger partial charge in [-0.2, -0.15) is 0 Å². The van der Waals surface area contributed by atoms with Crippen LogP contribution in [0.1, 0.15) is 53.8 Å². The molecule has 1 rings (SSSR count). The highest BCUT2D eigenvalue weighted by Crippen LogP contribution is 2.20. The van der Waals surface area contributed by atoms with Crippen LogP contribution in [0, 0.1) is 0 Å². The summed E-state index contributed by atoms with van der Waals surface area (Å²) in [6.45, 7) is 3.67. The minimum absolute atomic E-state index is 0.134. The summed E-state index contributed by atoms with van der Waals surface area (Å²) in [5, 5.41) is 11.8. The van der Waals surface area contributed by atoms with Gasteiger partial charge in [0.15, 0.2) is 0 Å². The Balaban J connectivity index is 2.91. The summed E-state index contributed by atoms with van der Waals surface area (Å²) in [4.78, 5) is 34.2. The van der Waals surface area contributed by atoms with Gasteiger partial charge in [0.1, 0.15) is 0 Å². The number of carbonyl (C=O) groups is 3. The van der Waals surface area contributed by atoms with Crippen molar-refractivity contribution in [1.82, 2.24) is 5.32 Å². The van der Waals surface area contributed by atoms with Crippen LogP contribution >= 0.6 is 0 Å². The van der Waals surface area contributed by atoms with E-state index < -0.39 is 17.4 Å². The third-order valence-electron chi connectivity index (χ3n) is 3.65. The highest BCUT2D eigenvalue weighted by Gasteiger charge is 2.31. The molecule has 6 heteroatoms. The molecule has 0 fully saturated rings. The Kier molecular flexibility index (Phi) is 5.46. The molecule has 0 aliphatic carbocycles. The fourth-order valence-electron chi connectivity index (χ4n) is 2.11. The van der Waals surface area contributed by atoms with Crippen LogP contribution in [0.4, 0.5) is 0 Å². The second-order valence-corrected chi connectivity index (χ2v) is 4.95. The number of nitrogens with two attached hydrogens (primary N) is 1. The number of carboxylic acids is 1. The molecule has 0 aliphatic heterocycles. The van der Waals surface area contributed by atoms with E-state index in [4.69, 9.17) is 10.8 Å². The second-order valence-electron chi connectivity index (χ2n) is 4.95. The van der Waals surface area contributed by atoms with Crippen LogP contribution in [0.2, 0.25) is 0 Å². The molecule has 2 amide bonds. The van der Waals surface area contributed by atoms with Crippen LogP contribution < -0.4 is 11.1 Å². The van der Waals surface area contributed by atoms with E-state index >= 15 is 0 Å². The molecule has 0 spiro atoms. The molecule has 21 heavy (non-hydrogen) atoms. The van der Waals surface area contributed by atoms with Gasteiger partial charge in [0.25, 0.3) is 5.91 Å². The lowest BCUT2D eigenvalue weighted by molar-refractivity contribution is -0.138. The van der Waals surface area contributed by atoms with E-state index in [2.05, 4.69) is 5.32 Å². The molecule has 1 aromatic rings. The van der Waals surface area contributed by atoms with E-state index in [1.54, 1.807) is 0 Å². The fourth-order valence-corrected chi connectivity index (χ4v) is 2.11. The van der Waals surface area contributed by atoms with E-state index in [1.807, 2.05) is 13.8 Å². The van der Waals surface area contributed by atoms with Crippen LogP contribution in [-0.2, 0) is 4.79 Å².